The average Bonchev–Trinajstić information content (AvgIpc) is 2.47. The monoisotopic (exact) mass is 268 g/mol. The molecule has 0 radical (unpaired) electrons. The average molecular weight is 268 g/mol. The summed E-state index contributed by atoms with van der Waals surface area (Å²) < 4.78 is 15.8. The first-order valence-corrected chi connectivity index (χ1v) is 6.47. The van der Waals surface area contributed by atoms with Crippen LogP contribution in [-0.2, 0) is 0 Å². The van der Waals surface area contributed by atoms with E-state index in [1.54, 1.807) is 0 Å². The van der Waals surface area contributed by atoms with E-state index in [4.69, 9.17) is 19.9 Å². The van der Waals surface area contributed by atoms with Crippen molar-refractivity contribution < 1.29 is 14.2 Å². The quantitative estimate of drug-likeness (QED) is 0.843. The van der Waals surface area contributed by atoms with Crippen LogP contribution in [0.5, 0.6) is 18.0 Å². The van der Waals surface area contributed by atoms with Crippen LogP contribution in [0, 0.1) is 5.92 Å². The Morgan fingerprint density at radius 2 is 1.58 bits per heavy atom. The maximum Gasteiger partial charge on any atom is 0.326 e. The first-order valence-electron chi connectivity index (χ1n) is 6.47. The number of nitrogens with zero attached hydrogens (tertiary/aromatic N) is 3. The first-order chi connectivity index (χ1) is 9.26. The van der Waals surface area contributed by atoms with Crippen molar-refractivity contribution >= 4 is 0 Å². The van der Waals surface area contributed by atoms with E-state index in [9.17, 15) is 0 Å². The van der Waals surface area contributed by atoms with Gasteiger partial charge in [0.1, 0.15) is 6.10 Å². The van der Waals surface area contributed by atoms with Gasteiger partial charge in [0.05, 0.1) is 14.2 Å². The summed E-state index contributed by atoms with van der Waals surface area (Å²) in [6, 6.07) is 0.595. The van der Waals surface area contributed by atoms with E-state index < -0.39 is 0 Å². The van der Waals surface area contributed by atoms with Gasteiger partial charge in [-0.2, -0.15) is 0 Å². The Kier molecular flexibility index (Phi) is 4.73. The summed E-state index contributed by atoms with van der Waals surface area (Å²) in [5.41, 5.74) is 5.78. The molecule has 106 valence electrons. The van der Waals surface area contributed by atoms with Crippen molar-refractivity contribution in [3.8, 4) is 18.0 Å². The standard InChI is InChI=1S/C12H20N4O3/c1-17-10-14-11(18-2)16-12(15-10)19-9-6-4-3-5-8(9)7-13/h8-9H,3-7,13H2,1-2H3. The Labute approximate surface area is 112 Å². The Morgan fingerprint density at radius 1 is 1.00 bits per heavy atom. The maximum atomic E-state index is 5.84. The lowest BCUT2D eigenvalue weighted by Gasteiger charge is -2.30. The van der Waals surface area contributed by atoms with Crippen LogP contribution < -0.4 is 19.9 Å². The lowest BCUT2D eigenvalue weighted by molar-refractivity contribution is 0.0848. The maximum absolute atomic E-state index is 5.84. The van der Waals surface area contributed by atoms with E-state index in [1.165, 1.54) is 20.6 Å². The fraction of sp³-hybridized carbons (Fsp3) is 0.750. The molecule has 0 bridgehead atoms. The number of hydrogen-bond donors (Lipinski definition) is 1. The summed E-state index contributed by atoms with van der Waals surface area (Å²) in [5.74, 6) is 0.350. The predicted molar refractivity (Wildman–Crippen MR) is 68.4 cm³/mol. The highest BCUT2D eigenvalue weighted by atomic mass is 16.5. The number of rotatable bonds is 5. The van der Waals surface area contributed by atoms with Crippen LogP contribution in [0.15, 0.2) is 0 Å². The van der Waals surface area contributed by atoms with Crippen molar-refractivity contribution in [2.24, 2.45) is 11.7 Å². The molecule has 2 atom stereocenters. The highest BCUT2D eigenvalue weighted by Crippen LogP contribution is 2.27. The van der Waals surface area contributed by atoms with Gasteiger partial charge < -0.3 is 19.9 Å². The fourth-order valence-electron chi connectivity index (χ4n) is 2.29. The molecular weight excluding hydrogens is 248 g/mol. The van der Waals surface area contributed by atoms with Gasteiger partial charge in [-0.15, -0.1) is 15.0 Å². The molecule has 2 N–H and O–H groups in total. The van der Waals surface area contributed by atoms with Gasteiger partial charge in [-0.05, 0) is 25.8 Å². The largest absolute Gasteiger partial charge is 0.467 e. The molecule has 7 heteroatoms. The van der Waals surface area contributed by atoms with Crippen molar-refractivity contribution in [1.29, 1.82) is 0 Å². The second kappa shape index (κ2) is 6.51. The molecule has 1 saturated carbocycles. The minimum absolute atomic E-state index is 0.0514. The van der Waals surface area contributed by atoms with Crippen LogP contribution in [-0.4, -0.2) is 41.8 Å². The van der Waals surface area contributed by atoms with E-state index in [1.807, 2.05) is 0 Å². The van der Waals surface area contributed by atoms with Gasteiger partial charge in [-0.25, -0.2) is 0 Å². The first kappa shape index (κ1) is 13.8. The van der Waals surface area contributed by atoms with Crippen LogP contribution in [0.3, 0.4) is 0 Å². The number of ether oxygens (including phenoxy) is 3. The topological polar surface area (TPSA) is 92.4 Å². The van der Waals surface area contributed by atoms with Crippen LogP contribution in [0.4, 0.5) is 0 Å². The van der Waals surface area contributed by atoms with Gasteiger partial charge >= 0.3 is 18.0 Å². The van der Waals surface area contributed by atoms with E-state index in [-0.39, 0.29) is 24.1 Å². The van der Waals surface area contributed by atoms with E-state index in [2.05, 4.69) is 15.0 Å². The van der Waals surface area contributed by atoms with Crippen LogP contribution in [0.25, 0.3) is 0 Å². The van der Waals surface area contributed by atoms with Crippen molar-refractivity contribution in [2.45, 2.75) is 31.8 Å². The molecule has 1 aliphatic rings. The summed E-state index contributed by atoms with van der Waals surface area (Å²) in [6.07, 6.45) is 4.45. The molecule has 0 spiro atoms. The smallest absolute Gasteiger partial charge is 0.326 e. The molecule has 1 aromatic rings. The molecule has 1 aromatic heterocycles. The molecule has 0 saturated heterocycles. The van der Waals surface area contributed by atoms with Gasteiger partial charge in [0, 0.05) is 5.92 Å². The van der Waals surface area contributed by atoms with Crippen molar-refractivity contribution in [3.05, 3.63) is 0 Å². The van der Waals surface area contributed by atoms with Crippen LogP contribution in [0.2, 0.25) is 0 Å². The molecule has 0 aliphatic heterocycles. The molecular formula is C12H20N4O3. The van der Waals surface area contributed by atoms with E-state index >= 15 is 0 Å². The third-order valence-corrected chi connectivity index (χ3v) is 3.34. The van der Waals surface area contributed by atoms with Crippen LogP contribution >= 0.6 is 0 Å². The van der Waals surface area contributed by atoms with Crippen molar-refractivity contribution in [3.63, 3.8) is 0 Å². The van der Waals surface area contributed by atoms with Gasteiger partial charge in [0.2, 0.25) is 0 Å². The Bertz CT molecular complexity index is 394. The Hall–Kier alpha value is -1.63. The molecule has 19 heavy (non-hydrogen) atoms. The zero-order valence-electron chi connectivity index (χ0n) is 11.3. The molecule has 1 aliphatic carbocycles. The summed E-state index contributed by atoms with van der Waals surface area (Å²) in [7, 11) is 2.98. The molecule has 2 rings (SSSR count). The van der Waals surface area contributed by atoms with Crippen molar-refractivity contribution in [2.75, 3.05) is 20.8 Å². The number of methoxy groups -OCH3 is 2. The molecule has 1 heterocycles. The Morgan fingerprint density at radius 3 is 2.16 bits per heavy atom. The molecule has 7 nitrogen and oxygen atoms in total. The lowest BCUT2D eigenvalue weighted by Crippen LogP contribution is -2.35. The SMILES string of the molecule is COc1nc(OC)nc(OC2CCCCC2CN)n1. The van der Waals surface area contributed by atoms with Gasteiger partial charge in [0.25, 0.3) is 0 Å². The van der Waals surface area contributed by atoms with E-state index in [0.29, 0.717) is 12.5 Å². The third kappa shape index (κ3) is 3.44. The minimum Gasteiger partial charge on any atom is -0.467 e. The Balaban J connectivity index is 2.12. The van der Waals surface area contributed by atoms with Gasteiger partial charge in [0.15, 0.2) is 0 Å². The summed E-state index contributed by atoms with van der Waals surface area (Å²) >= 11 is 0. The zero-order valence-corrected chi connectivity index (χ0v) is 11.3. The highest BCUT2D eigenvalue weighted by molar-refractivity contribution is 5.09. The molecule has 0 amide bonds. The van der Waals surface area contributed by atoms with Gasteiger partial charge in [-0.1, -0.05) is 6.42 Å². The zero-order chi connectivity index (χ0) is 13.7. The van der Waals surface area contributed by atoms with Crippen molar-refractivity contribution in [1.82, 2.24) is 15.0 Å². The normalized spacial score (nSPS) is 22.9. The van der Waals surface area contributed by atoms with Crippen LogP contribution in [0.1, 0.15) is 25.7 Å². The molecule has 0 aromatic carbocycles. The number of hydrogen-bond acceptors (Lipinski definition) is 7. The predicted octanol–water partition coefficient (Wildman–Crippen LogP) is 0.785. The third-order valence-electron chi connectivity index (χ3n) is 3.34. The number of nitrogens with two attached hydrogens (primary N) is 1. The fourth-order valence-corrected chi connectivity index (χ4v) is 2.29. The summed E-state index contributed by atoms with van der Waals surface area (Å²) in [6.45, 7) is 0.615. The number of aromatic nitrogens is 3. The van der Waals surface area contributed by atoms with E-state index in [0.717, 1.165) is 19.3 Å². The molecule has 1 fully saturated rings. The second-order valence-electron chi connectivity index (χ2n) is 4.53. The highest BCUT2D eigenvalue weighted by Gasteiger charge is 2.26. The summed E-state index contributed by atoms with van der Waals surface area (Å²) in [4.78, 5) is 12.1. The second-order valence-corrected chi connectivity index (χ2v) is 4.53. The molecule has 2 unspecified atom stereocenters. The lowest BCUT2D eigenvalue weighted by atomic mass is 9.86. The summed E-state index contributed by atoms with van der Waals surface area (Å²) in [5, 5.41) is 0. The van der Waals surface area contributed by atoms with Gasteiger partial charge in [-0.3, -0.25) is 0 Å². The minimum atomic E-state index is 0.0514.